The zero-order valence-electron chi connectivity index (χ0n) is 11.7. The quantitative estimate of drug-likeness (QED) is 0.904. The minimum Gasteiger partial charge on any atom is -0.358 e. The van der Waals surface area contributed by atoms with Gasteiger partial charge in [0.15, 0.2) is 0 Å². The molecule has 0 saturated carbocycles. The van der Waals surface area contributed by atoms with Gasteiger partial charge in [0.25, 0.3) is 0 Å². The average Bonchev–Trinajstić information content (AvgIpc) is 2.34. The number of hydrogen-bond acceptors (Lipinski definition) is 3. The molecule has 0 saturated heterocycles. The molecule has 0 radical (unpaired) electrons. The van der Waals surface area contributed by atoms with Crippen molar-refractivity contribution < 1.29 is 13.2 Å². The van der Waals surface area contributed by atoms with Crippen LogP contribution in [0, 0.1) is 5.92 Å². The first-order valence-corrected chi connectivity index (χ1v) is 6.70. The van der Waals surface area contributed by atoms with Crippen LogP contribution in [0.25, 0.3) is 0 Å². The molecule has 0 spiro atoms. The summed E-state index contributed by atoms with van der Waals surface area (Å²) in [5, 5.41) is -0.0135. The highest BCUT2D eigenvalue weighted by atomic mass is 35.5. The lowest BCUT2D eigenvalue weighted by atomic mass is 10.0. The summed E-state index contributed by atoms with van der Waals surface area (Å²) >= 11 is 5.87. The molecule has 1 heterocycles. The number of rotatable bonds is 5. The van der Waals surface area contributed by atoms with Crippen molar-refractivity contribution in [3.05, 3.63) is 22.8 Å². The average molecular weight is 310 g/mol. The summed E-state index contributed by atoms with van der Waals surface area (Å²) in [5.74, 6) is 0.676. The van der Waals surface area contributed by atoms with Crippen LogP contribution in [0.15, 0.2) is 12.3 Å². The summed E-state index contributed by atoms with van der Waals surface area (Å²) in [7, 11) is 1.73. The maximum absolute atomic E-state index is 12.5. The number of pyridine rings is 1. The lowest BCUT2D eigenvalue weighted by Crippen LogP contribution is -2.32. The van der Waals surface area contributed by atoms with Gasteiger partial charge < -0.3 is 10.6 Å². The third-order valence-corrected chi connectivity index (χ3v) is 3.44. The van der Waals surface area contributed by atoms with E-state index in [1.807, 2.05) is 13.8 Å². The van der Waals surface area contributed by atoms with Gasteiger partial charge in [-0.3, -0.25) is 0 Å². The Hall–Kier alpha value is -1.01. The smallest absolute Gasteiger partial charge is 0.358 e. The van der Waals surface area contributed by atoms with E-state index in [1.165, 1.54) is 0 Å². The van der Waals surface area contributed by atoms with Crippen molar-refractivity contribution in [1.29, 1.82) is 0 Å². The van der Waals surface area contributed by atoms with Gasteiger partial charge in [-0.1, -0.05) is 25.4 Å². The Bertz CT molecular complexity index is 449. The van der Waals surface area contributed by atoms with E-state index < -0.39 is 11.7 Å². The van der Waals surface area contributed by atoms with Crippen molar-refractivity contribution >= 4 is 17.4 Å². The summed E-state index contributed by atoms with van der Waals surface area (Å²) in [6.45, 7) is 4.62. The number of hydrogen-bond donors (Lipinski definition) is 1. The van der Waals surface area contributed by atoms with Gasteiger partial charge in [0.2, 0.25) is 0 Å². The molecule has 0 amide bonds. The molecule has 0 aromatic carbocycles. The van der Waals surface area contributed by atoms with Crippen LogP contribution >= 0.6 is 11.6 Å². The van der Waals surface area contributed by atoms with Crippen LogP contribution in [-0.2, 0) is 6.18 Å². The van der Waals surface area contributed by atoms with Gasteiger partial charge >= 0.3 is 6.18 Å². The van der Waals surface area contributed by atoms with E-state index in [9.17, 15) is 13.2 Å². The Morgan fingerprint density at radius 2 is 2.00 bits per heavy atom. The molecule has 3 nitrogen and oxygen atoms in total. The molecule has 1 unspecified atom stereocenters. The molecule has 1 aromatic rings. The van der Waals surface area contributed by atoms with Gasteiger partial charge in [0.05, 0.1) is 10.6 Å². The molecule has 0 bridgehead atoms. The van der Waals surface area contributed by atoms with E-state index in [4.69, 9.17) is 17.3 Å². The summed E-state index contributed by atoms with van der Waals surface area (Å²) in [5.41, 5.74) is 5.08. The number of aromatic nitrogens is 1. The first-order chi connectivity index (χ1) is 9.12. The highest BCUT2D eigenvalue weighted by Crippen LogP contribution is 2.33. The SMILES string of the molecule is CC(C)C(N)CCN(C)c1ncc(C(F)(F)F)cc1Cl. The fourth-order valence-corrected chi connectivity index (χ4v) is 1.96. The van der Waals surface area contributed by atoms with Gasteiger partial charge in [-0.15, -0.1) is 0 Å². The fraction of sp³-hybridized carbons (Fsp3) is 0.615. The maximum Gasteiger partial charge on any atom is 0.417 e. The van der Waals surface area contributed by atoms with Crippen LogP contribution in [-0.4, -0.2) is 24.6 Å². The second kappa shape index (κ2) is 6.63. The molecule has 114 valence electrons. The van der Waals surface area contributed by atoms with Crippen LogP contribution in [0.2, 0.25) is 5.02 Å². The Kier molecular flexibility index (Phi) is 5.65. The number of halogens is 4. The topological polar surface area (TPSA) is 42.1 Å². The Morgan fingerprint density at radius 1 is 1.40 bits per heavy atom. The van der Waals surface area contributed by atoms with Crippen LogP contribution < -0.4 is 10.6 Å². The number of anilines is 1. The lowest BCUT2D eigenvalue weighted by molar-refractivity contribution is -0.137. The van der Waals surface area contributed by atoms with E-state index in [-0.39, 0.29) is 11.1 Å². The van der Waals surface area contributed by atoms with Gasteiger partial charge in [-0.2, -0.15) is 13.2 Å². The van der Waals surface area contributed by atoms with Crippen LogP contribution in [0.3, 0.4) is 0 Å². The highest BCUT2D eigenvalue weighted by Gasteiger charge is 2.31. The molecule has 1 aromatic heterocycles. The van der Waals surface area contributed by atoms with E-state index in [2.05, 4.69) is 4.98 Å². The fourth-order valence-electron chi connectivity index (χ4n) is 1.65. The van der Waals surface area contributed by atoms with Crippen LogP contribution in [0.5, 0.6) is 0 Å². The number of nitrogens with two attached hydrogens (primary N) is 1. The molecule has 0 aliphatic heterocycles. The molecule has 1 atom stereocenters. The minimum atomic E-state index is -4.44. The third kappa shape index (κ3) is 4.52. The van der Waals surface area contributed by atoms with Gasteiger partial charge in [0, 0.05) is 25.8 Å². The van der Waals surface area contributed by atoms with E-state index in [0.29, 0.717) is 24.7 Å². The van der Waals surface area contributed by atoms with Gasteiger partial charge in [0.1, 0.15) is 5.82 Å². The molecule has 2 N–H and O–H groups in total. The van der Waals surface area contributed by atoms with Crippen molar-refractivity contribution in [2.75, 3.05) is 18.5 Å². The Balaban J connectivity index is 2.77. The zero-order valence-corrected chi connectivity index (χ0v) is 12.5. The molecular formula is C13H19ClF3N3. The predicted octanol–water partition coefficient (Wildman–Crippen LogP) is 3.56. The first kappa shape index (κ1) is 17.0. The van der Waals surface area contributed by atoms with E-state index in [0.717, 1.165) is 12.3 Å². The summed E-state index contributed by atoms with van der Waals surface area (Å²) in [6.07, 6.45) is -2.93. The standard InChI is InChI=1S/C13H19ClF3N3/c1-8(2)11(18)4-5-20(3)12-10(14)6-9(7-19-12)13(15,16)17/h6-8,11H,4-5,18H2,1-3H3. The first-order valence-electron chi connectivity index (χ1n) is 6.32. The molecular weight excluding hydrogens is 291 g/mol. The monoisotopic (exact) mass is 309 g/mol. The molecule has 0 aliphatic rings. The van der Waals surface area contributed by atoms with Crippen LogP contribution in [0.1, 0.15) is 25.8 Å². The van der Waals surface area contributed by atoms with E-state index in [1.54, 1.807) is 11.9 Å². The lowest BCUT2D eigenvalue weighted by Gasteiger charge is -2.23. The van der Waals surface area contributed by atoms with Crippen molar-refractivity contribution in [2.45, 2.75) is 32.5 Å². The van der Waals surface area contributed by atoms with Crippen molar-refractivity contribution in [1.82, 2.24) is 4.98 Å². The second-order valence-electron chi connectivity index (χ2n) is 5.15. The van der Waals surface area contributed by atoms with Gasteiger partial charge in [-0.05, 0) is 18.4 Å². The summed E-state index contributed by atoms with van der Waals surface area (Å²) in [4.78, 5) is 5.51. The second-order valence-corrected chi connectivity index (χ2v) is 5.55. The largest absolute Gasteiger partial charge is 0.417 e. The summed E-state index contributed by atoms with van der Waals surface area (Å²) in [6, 6.07) is 0.925. The van der Waals surface area contributed by atoms with Gasteiger partial charge in [-0.25, -0.2) is 4.98 Å². The predicted molar refractivity (Wildman–Crippen MR) is 74.9 cm³/mol. The Morgan fingerprint density at radius 3 is 2.45 bits per heavy atom. The van der Waals surface area contributed by atoms with E-state index >= 15 is 0 Å². The number of alkyl halides is 3. The van der Waals surface area contributed by atoms with Crippen molar-refractivity contribution in [2.24, 2.45) is 11.7 Å². The minimum absolute atomic E-state index is 0.0135. The third-order valence-electron chi connectivity index (χ3n) is 3.16. The molecule has 0 fully saturated rings. The Labute approximate surface area is 121 Å². The number of nitrogens with zero attached hydrogens (tertiary/aromatic N) is 2. The highest BCUT2D eigenvalue weighted by molar-refractivity contribution is 6.33. The molecule has 7 heteroatoms. The summed E-state index contributed by atoms with van der Waals surface area (Å²) < 4.78 is 37.5. The molecule has 20 heavy (non-hydrogen) atoms. The molecule has 0 aliphatic carbocycles. The van der Waals surface area contributed by atoms with Crippen LogP contribution in [0.4, 0.5) is 19.0 Å². The van der Waals surface area contributed by atoms with Crippen molar-refractivity contribution in [3.63, 3.8) is 0 Å². The van der Waals surface area contributed by atoms with Crippen molar-refractivity contribution in [3.8, 4) is 0 Å². The maximum atomic E-state index is 12.5. The molecule has 1 rings (SSSR count). The normalized spacial score (nSPS) is 13.7. The zero-order chi connectivity index (χ0) is 15.5.